The average molecular weight is 270 g/mol. The molecule has 18 heavy (non-hydrogen) atoms. The molecule has 0 amide bonds. The van der Waals surface area contributed by atoms with Gasteiger partial charge < -0.3 is 15.5 Å². The summed E-state index contributed by atoms with van der Waals surface area (Å²) in [4.78, 5) is 0. The van der Waals surface area contributed by atoms with Crippen LogP contribution in [0.3, 0.4) is 0 Å². The SMILES string of the molecule is Cc1cc(Cl)cc(CNCC2CCCC2O)c1O. The number of hydrogen-bond donors (Lipinski definition) is 3. The van der Waals surface area contributed by atoms with Gasteiger partial charge in [-0.15, -0.1) is 0 Å². The molecule has 1 saturated carbocycles. The number of phenols is 1. The number of nitrogens with one attached hydrogen (secondary N) is 1. The molecule has 2 rings (SSSR count). The van der Waals surface area contributed by atoms with Crippen LogP contribution in [0.4, 0.5) is 0 Å². The van der Waals surface area contributed by atoms with Gasteiger partial charge in [-0.1, -0.05) is 18.0 Å². The molecule has 0 heterocycles. The highest BCUT2D eigenvalue weighted by atomic mass is 35.5. The molecule has 1 aliphatic rings. The highest BCUT2D eigenvalue weighted by Gasteiger charge is 2.24. The minimum absolute atomic E-state index is 0.174. The summed E-state index contributed by atoms with van der Waals surface area (Å²) in [7, 11) is 0. The van der Waals surface area contributed by atoms with Crippen LogP contribution < -0.4 is 5.32 Å². The Kier molecular flexibility index (Phi) is 4.49. The smallest absolute Gasteiger partial charge is 0.123 e. The molecule has 1 aromatic rings. The number of aromatic hydroxyl groups is 1. The van der Waals surface area contributed by atoms with Gasteiger partial charge in [-0.2, -0.15) is 0 Å². The van der Waals surface area contributed by atoms with Crippen LogP contribution in [0.2, 0.25) is 5.02 Å². The van der Waals surface area contributed by atoms with E-state index in [1.165, 1.54) is 0 Å². The largest absolute Gasteiger partial charge is 0.507 e. The quantitative estimate of drug-likeness (QED) is 0.788. The van der Waals surface area contributed by atoms with E-state index in [-0.39, 0.29) is 6.10 Å². The fourth-order valence-electron chi connectivity index (χ4n) is 2.59. The summed E-state index contributed by atoms with van der Waals surface area (Å²) in [5.74, 6) is 0.645. The van der Waals surface area contributed by atoms with Crippen LogP contribution in [-0.2, 0) is 6.54 Å². The fourth-order valence-corrected chi connectivity index (χ4v) is 2.88. The number of halogens is 1. The van der Waals surface area contributed by atoms with Crippen LogP contribution >= 0.6 is 11.6 Å². The minimum Gasteiger partial charge on any atom is -0.507 e. The lowest BCUT2D eigenvalue weighted by atomic mass is 10.1. The number of rotatable bonds is 4. The topological polar surface area (TPSA) is 52.5 Å². The molecule has 0 aromatic heterocycles. The normalized spacial score (nSPS) is 23.5. The van der Waals surface area contributed by atoms with Crippen molar-refractivity contribution in [2.24, 2.45) is 5.92 Å². The summed E-state index contributed by atoms with van der Waals surface area (Å²) in [5.41, 5.74) is 1.60. The first-order valence-corrected chi connectivity index (χ1v) is 6.82. The Labute approximate surface area is 113 Å². The van der Waals surface area contributed by atoms with Crippen LogP contribution in [0.15, 0.2) is 12.1 Å². The monoisotopic (exact) mass is 269 g/mol. The van der Waals surface area contributed by atoms with Crippen LogP contribution in [0, 0.1) is 12.8 Å². The van der Waals surface area contributed by atoms with Crippen molar-refractivity contribution in [1.82, 2.24) is 5.32 Å². The van der Waals surface area contributed by atoms with Gasteiger partial charge in [0.05, 0.1) is 6.10 Å². The Balaban J connectivity index is 1.90. The highest BCUT2D eigenvalue weighted by Crippen LogP contribution is 2.27. The lowest BCUT2D eigenvalue weighted by Gasteiger charge is -2.16. The number of aliphatic hydroxyl groups is 1. The van der Waals surface area contributed by atoms with Crippen LogP contribution in [0.5, 0.6) is 5.75 Å². The molecule has 0 bridgehead atoms. The number of phenolic OH excluding ortho intramolecular Hbond substituents is 1. The Bertz CT molecular complexity index is 423. The molecule has 0 spiro atoms. The Morgan fingerprint density at radius 1 is 1.39 bits per heavy atom. The van der Waals surface area contributed by atoms with E-state index in [0.29, 0.717) is 23.2 Å². The van der Waals surface area contributed by atoms with E-state index in [1.54, 1.807) is 12.1 Å². The summed E-state index contributed by atoms with van der Waals surface area (Å²) in [6.45, 7) is 3.20. The molecule has 1 fully saturated rings. The van der Waals surface area contributed by atoms with E-state index in [0.717, 1.165) is 36.9 Å². The van der Waals surface area contributed by atoms with Gasteiger partial charge in [0.1, 0.15) is 5.75 Å². The van der Waals surface area contributed by atoms with Crippen molar-refractivity contribution in [2.75, 3.05) is 6.54 Å². The summed E-state index contributed by atoms with van der Waals surface area (Å²) in [6.07, 6.45) is 2.92. The Hall–Kier alpha value is -0.770. The Morgan fingerprint density at radius 2 is 2.17 bits per heavy atom. The predicted molar refractivity (Wildman–Crippen MR) is 72.9 cm³/mol. The van der Waals surface area contributed by atoms with E-state index >= 15 is 0 Å². The third-order valence-electron chi connectivity index (χ3n) is 3.69. The van der Waals surface area contributed by atoms with Gasteiger partial charge in [0, 0.05) is 23.7 Å². The molecule has 1 aromatic carbocycles. The summed E-state index contributed by atoms with van der Waals surface area (Å²) < 4.78 is 0. The minimum atomic E-state index is -0.174. The lowest BCUT2D eigenvalue weighted by molar-refractivity contribution is 0.131. The number of benzene rings is 1. The van der Waals surface area contributed by atoms with E-state index in [4.69, 9.17) is 11.6 Å². The van der Waals surface area contributed by atoms with Gasteiger partial charge in [0.2, 0.25) is 0 Å². The molecule has 4 heteroatoms. The first-order chi connectivity index (χ1) is 8.58. The molecule has 0 saturated heterocycles. The van der Waals surface area contributed by atoms with Crippen LogP contribution in [0.25, 0.3) is 0 Å². The third kappa shape index (κ3) is 3.16. The van der Waals surface area contributed by atoms with Crippen LogP contribution in [0.1, 0.15) is 30.4 Å². The predicted octanol–water partition coefficient (Wildman–Crippen LogP) is 2.60. The van der Waals surface area contributed by atoms with Crippen molar-refractivity contribution in [1.29, 1.82) is 0 Å². The van der Waals surface area contributed by atoms with Crippen molar-refractivity contribution < 1.29 is 10.2 Å². The second-order valence-electron chi connectivity index (χ2n) is 5.12. The van der Waals surface area contributed by atoms with Crippen LogP contribution in [-0.4, -0.2) is 22.9 Å². The van der Waals surface area contributed by atoms with Gasteiger partial charge in [0.25, 0.3) is 0 Å². The number of hydrogen-bond acceptors (Lipinski definition) is 3. The molecule has 2 unspecified atom stereocenters. The zero-order chi connectivity index (χ0) is 13.1. The first-order valence-electron chi connectivity index (χ1n) is 6.44. The molecule has 2 atom stereocenters. The van der Waals surface area contributed by atoms with Crippen molar-refractivity contribution in [2.45, 2.75) is 38.8 Å². The molecule has 0 aliphatic heterocycles. The zero-order valence-electron chi connectivity index (χ0n) is 10.6. The third-order valence-corrected chi connectivity index (χ3v) is 3.90. The fraction of sp³-hybridized carbons (Fsp3) is 0.571. The van der Waals surface area contributed by atoms with E-state index in [2.05, 4.69) is 5.32 Å². The van der Waals surface area contributed by atoms with Crippen molar-refractivity contribution in [3.63, 3.8) is 0 Å². The van der Waals surface area contributed by atoms with E-state index in [1.807, 2.05) is 6.92 Å². The molecular weight excluding hydrogens is 250 g/mol. The molecular formula is C14H20ClNO2. The molecule has 0 radical (unpaired) electrons. The molecule has 100 valence electrons. The highest BCUT2D eigenvalue weighted by molar-refractivity contribution is 6.30. The maximum atomic E-state index is 9.92. The van der Waals surface area contributed by atoms with Gasteiger partial charge in [-0.05, 0) is 43.4 Å². The summed E-state index contributed by atoms with van der Waals surface area (Å²) in [6, 6.07) is 3.53. The Morgan fingerprint density at radius 3 is 2.83 bits per heavy atom. The van der Waals surface area contributed by atoms with Gasteiger partial charge in [-0.3, -0.25) is 0 Å². The zero-order valence-corrected chi connectivity index (χ0v) is 11.4. The van der Waals surface area contributed by atoms with Gasteiger partial charge >= 0.3 is 0 Å². The standard InChI is InChI=1S/C14H20ClNO2/c1-9-5-12(15)6-11(14(9)18)8-16-7-10-3-2-4-13(10)17/h5-6,10,13,16-18H,2-4,7-8H2,1H3. The van der Waals surface area contributed by atoms with Gasteiger partial charge in [0.15, 0.2) is 0 Å². The lowest BCUT2D eigenvalue weighted by Crippen LogP contribution is -2.27. The van der Waals surface area contributed by atoms with Crippen molar-refractivity contribution in [3.8, 4) is 5.75 Å². The second kappa shape index (κ2) is 5.91. The van der Waals surface area contributed by atoms with Crippen molar-refractivity contribution in [3.05, 3.63) is 28.3 Å². The maximum Gasteiger partial charge on any atom is 0.123 e. The molecule has 3 N–H and O–H groups in total. The number of aliphatic hydroxyl groups excluding tert-OH is 1. The number of aryl methyl sites for hydroxylation is 1. The van der Waals surface area contributed by atoms with Gasteiger partial charge in [-0.25, -0.2) is 0 Å². The average Bonchev–Trinajstić information content (AvgIpc) is 2.71. The maximum absolute atomic E-state index is 9.92. The van der Waals surface area contributed by atoms with E-state index in [9.17, 15) is 10.2 Å². The summed E-state index contributed by atoms with van der Waals surface area (Å²) >= 11 is 5.97. The molecule has 3 nitrogen and oxygen atoms in total. The summed E-state index contributed by atoms with van der Waals surface area (Å²) in [5, 5.41) is 23.6. The second-order valence-corrected chi connectivity index (χ2v) is 5.56. The van der Waals surface area contributed by atoms with Crippen molar-refractivity contribution >= 4 is 11.6 Å². The first kappa shape index (κ1) is 13.7. The van der Waals surface area contributed by atoms with E-state index < -0.39 is 0 Å². The molecule has 1 aliphatic carbocycles.